The number of hydrogen-bond acceptors (Lipinski definition) is 3. The lowest BCUT2D eigenvalue weighted by molar-refractivity contribution is -0.135. The number of aromatic nitrogens is 1. The van der Waals surface area contributed by atoms with Crippen molar-refractivity contribution in [1.82, 2.24) is 4.98 Å². The molecule has 1 aromatic heterocycles. The van der Waals surface area contributed by atoms with Crippen LogP contribution in [0.3, 0.4) is 0 Å². The van der Waals surface area contributed by atoms with Gasteiger partial charge in [0.25, 0.3) is 0 Å². The fraction of sp³-hybridized carbons (Fsp3) is 0.438. The minimum atomic E-state index is -4.11. The van der Waals surface area contributed by atoms with Gasteiger partial charge in [-0.2, -0.15) is 13.2 Å². The number of hydrogen-bond donors (Lipinski definition) is 1. The Labute approximate surface area is 131 Å². The second kappa shape index (κ2) is 7.39. The fourth-order valence-electron chi connectivity index (χ4n) is 2.19. The van der Waals surface area contributed by atoms with Crippen molar-refractivity contribution in [2.45, 2.75) is 31.9 Å². The first kappa shape index (κ1) is 17.2. The third-order valence-electron chi connectivity index (χ3n) is 3.37. The number of benzene rings is 1. The van der Waals surface area contributed by atoms with Crippen molar-refractivity contribution in [3.63, 3.8) is 0 Å². The molecule has 126 valence electrons. The summed E-state index contributed by atoms with van der Waals surface area (Å²) in [5.41, 5.74) is 0.412. The second-order valence-corrected chi connectivity index (χ2v) is 5.18. The van der Waals surface area contributed by atoms with Gasteiger partial charge in [0, 0.05) is 17.9 Å². The van der Waals surface area contributed by atoms with Crippen molar-refractivity contribution in [2.24, 2.45) is 0 Å². The van der Waals surface area contributed by atoms with Crippen LogP contribution in [0.4, 0.5) is 13.2 Å². The molecule has 23 heavy (non-hydrogen) atoms. The molecular weight excluding hydrogens is 311 g/mol. The Morgan fingerprint density at radius 1 is 1.13 bits per heavy atom. The Morgan fingerprint density at radius 3 is 2.61 bits per heavy atom. The SMILES string of the molecule is COc1ccc2[nH]c(OCCCCCC(F)(F)F)cc(=O)c2c1. The molecule has 2 aromatic rings. The Bertz CT molecular complexity index is 710. The lowest BCUT2D eigenvalue weighted by atomic mass is 10.2. The molecule has 1 aromatic carbocycles. The third kappa shape index (κ3) is 5.19. The summed E-state index contributed by atoms with van der Waals surface area (Å²) >= 11 is 0. The van der Waals surface area contributed by atoms with Gasteiger partial charge in [-0.1, -0.05) is 0 Å². The summed E-state index contributed by atoms with van der Waals surface area (Å²) in [4.78, 5) is 15.0. The summed E-state index contributed by atoms with van der Waals surface area (Å²) in [6.07, 6.45) is -3.87. The van der Waals surface area contributed by atoms with E-state index in [0.29, 0.717) is 35.4 Å². The lowest BCUT2D eigenvalue weighted by Crippen LogP contribution is -2.08. The number of ether oxygens (including phenoxy) is 2. The molecule has 0 fully saturated rings. The first-order valence-corrected chi connectivity index (χ1v) is 7.30. The molecule has 7 heteroatoms. The van der Waals surface area contributed by atoms with Crippen LogP contribution in [0.15, 0.2) is 29.1 Å². The van der Waals surface area contributed by atoms with Crippen molar-refractivity contribution in [3.05, 3.63) is 34.5 Å². The predicted molar refractivity (Wildman–Crippen MR) is 81.1 cm³/mol. The number of pyridine rings is 1. The van der Waals surface area contributed by atoms with Gasteiger partial charge in [-0.05, 0) is 37.5 Å². The lowest BCUT2D eigenvalue weighted by Gasteiger charge is -2.09. The Balaban J connectivity index is 1.90. The Kier molecular flexibility index (Phi) is 5.52. The summed E-state index contributed by atoms with van der Waals surface area (Å²) in [6, 6.07) is 6.40. The monoisotopic (exact) mass is 329 g/mol. The minimum Gasteiger partial charge on any atom is -0.497 e. The Morgan fingerprint density at radius 2 is 1.91 bits per heavy atom. The van der Waals surface area contributed by atoms with E-state index in [0.717, 1.165) is 0 Å². The van der Waals surface area contributed by atoms with Gasteiger partial charge in [-0.25, -0.2) is 0 Å². The van der Waals surface area contributed by atoms with Crippen molar-refractivity contribution >= 4 is 10.9 Å². The van der Waals surface area contributed by atoms with Crippen molar-refractivity contribution in [2.75, 3.05) is 13.7 Å². The molecule has 0 aliphatic heterocycles. The van der Waals surface area contributed by atoms with E-state index in [-0.39, 0.29) is 18.5 Å². The van der Waals surface area contributed by atoms with Crippen molar-refractivity contribution in [3.8, 4) is 11.6 Å². The molecule has 0 unspecified atom stereocenters. The zero-order valence-electron chi connectivity index (χ0n) is 12.7. The van der Waals surface area contributed by atoms with Crippen LogP contribution < -0.4 is 14.9 Å². The number of alkyl halides is 3. The van der Waals surface area contributed by atoms with Gasteiger partial charge in [0.1, 0.15) is 5.75 Å². The van der Waals surface area contributed by atoms with E-state index in [2.05, 4.69) is 4.98 Å². The number of halogens is 3. The van der Waals surface area contributed by atoms with E-state index in [1.807, 2.05) is 0 Å². The van der Waals surface area contributed by atoms with Crippen LogP contribution in [0.2, 0.25) is 0 Å². The first-order valence-electron chi connectivity index (χ1n) is 7.30. The highest BCUT2D eigenvalue weighted by molar-refractivity contribution is 5.80. The van der Waals surface area contributed by atoms with Gasteiger partial charge in [0.2, 0.25) is 0 Å². The summed E-state index contributed by atoms with van der Waals surface area (Å²) in [5.74, 6) is 0.893. The molecule has 0 atom stereocenters. The smallest absolute Gasteiger partial charge is 0.389 e. The molecule has 0 saturated carbocycles. The van der Waals surface area contributed by atoms with Crippen molar-refractivity contribution in [1.29, 1.82) is 0 Å². The standard InChI is InChI=1S/C16H18F3NO3/c1-22-11-5-6-13-12(9-11)14(21)10-15(20-13)23-8-4-2-3-7-16(17,18)19/h5-6,9-10H,2-4,7-8H2,1H3,(H,20,21). The Hall–Kier alpha value is -2.18. The summed E-state index contributed by atoms with van der Waals surface area (Å²) in [6.45, 7) is 0.259. The number of aromatic amines is 1. The molecule has 0 saturated heterocycles. The maximum atomic E-state index is 12.0. The fourth-order valence-corrected chi connectivity index (χ4v) is 2.19. The third-order valence-corrected chi connectivity index (χ3v) is 3.37. The number of H-pyrrole nitrogens is 1. The van der Waals surface area contributed by atoms with Crippen LogP contribution in [0.1, 0.15) is 25.7 Å². The summed E-state index contributed by atoms with van der Waals surface area (Å²) in [7, 11) is 1.52. The zero-order chi connectivity index (χ0) is 16.9. The predicted octanol–water partition coefficient (Wildman–Crippen LogP) is 4.04. The van der Waals surface area contributed by atoms with Crippen LogP contribution in [-0.2, 0) is 0 Å². The molecule has 0 radical (unpaired) electrons. The summed E-state index contributed by atoms with van der Waals surface area (Å²) in [5, 5.41) is 0.488. The molecule has 0 spiro atoms. The van der Waals surface area contributed by atoms with Gasteiger partial charge in [0.05, 0.1) is 19.2 Å². The number of methoxy groups -OCH3 is 1. The van der Waals surface area contributed by atoms with Crippen LogP contribution in [0, 0.1) is 0 Å². The first-order chi connectivity index (χ1) is 10.9. The molecule has 0 aliphatic carbocycles. The molecule has 1 N–H and O–H groups in total. The second-order valence-electron chi connectivity index (χ2n) is 5.18. The molecule has 0 amide bonds. The molecule has 0 bridgehead atoms. The van der Waals surface area contributed by atoms with Crippen LogP contribution >= 0.6 is 0 Å². The van der Waals surface area contributed by atoms with Crippen LogP contribution in [0.5, 0.6) is 11.6 Å². The topological polar surface area (TPSA) is 51.3 Å². The molecule has 2 rings (SSSR count). The number of fused-ring (bicyclic) bond motifs is 1. The largest absolute Gasteiger partial charge is 0.497 e. The van der Waals surface area contributed by atoms with Gasteiger partial charge in [0.15, 0.2) is 11.3 Å². The van der Waals surface area contributed by atoms with Gasteiger partial charge < -0.3 is 14.5 Å². The number of rotatable bonds is 7. The molecule has 0 aliphatic rings. The molecule has 1 heterocycles. The van der Waals surface area contributed by atoms with E-state index >= 15 is 0 Å². The van der Waals surface area contributed by atoms with E-state index < -0.39 is 12.6 Å². The van der Waals surface area contributed by atoms with Crippen LogP contribution in [-0.4, -0.2) is 24.9 Å². The van der Waals surface area contributed by atoms with Crippen molar-refractivity contribution < 1.29 is 22.6 Å². The normalized spacial score (nSPS) is 11.7. The zero-order valence-corrected chi connectivity index (χ0v) is 12.7. The minimum absolute atomic E-state index is 0.0842. The average Bonchev–Trinajstić information content (AvgIpc) is 2.49. The van der Waals surface area contributed by atoms with E-state index in [9.17, 15) is 18.0 Å². The quantitative estimate of drug-likeness (QED) is 0.780. The number of unbranched alkanes of at least 4 members (excludes halogenated alkanes) is 2. The van der Waals surface area contributed by atoms with Gasteiger partial charge >= 0.3 is 6.18 Å². The maximum Gasteiger partial charge on any atom is 0.389 e. The highest BCUT2D eigenvalue weighted by Gasteiger charge is 2.25. The molecular formula is C16H18F3NO3. The van der Waals surface area contributed by atoms with Gasteiger partial charge in [-0.15, -0.1) is 0 Å². The van der Waals surface area contributed by atoms with E-state index in [1.54, 1.807) is 18.2 Å². The van der Waals surface area contributed by atoms with Gasteiger partial charge in [-0.3, -0.25) is 4.79 Å². The number of nitrogens with one attached hydrogen (secondary N) is 1. The highest BCUT2D eigenvalue weighted by Crippen LogP contribution is 2.23. The van der Waals surface area contributed by atoms with E-state index in [4.69, 9.17) is 9.47 Å². The van der Waals surface area contributed by atoms with Crippen LogP contribution in [0.25, 0.3) is 10.9 Å². The summed E-state index contributed by atoms with van der Waals surface area (Å²) < 4.78 is 46.5. The molecule has 4 nitrogen and oxygen atoms in total. The van der Waals surface area contributed by atoms with E-state index in [1.165, 1.54) is 13.2 Å². The highest BCUT2D eigenvalue weighted by atomic mass is 19.4. The maximum absolute atomic E-state index is 12.0. The average molecular weight is 329 g/mol.